The van der Waals surface area contributed by atoms with Gasteiger partial charge in [-0.1, -0.05) is 31.9 Å². The van der Waals surface area contributed by atoms with Crippen LogP contribution in [0.3, 0.4) is 0 Å². The summed E-state index contributed by atoms with van der Waals surface area (Å²) in [7, 11) is 0. The zero-order valence-corrected chi connectivity index (χ0v) is 11.3. The van der Waals surface area contributed by atoms with Crippen molar-refractivity contribution in [1.29, 1.82) is 0 Å². The van der Waals surface area contributed by atoms with Crippen molar-refractivity contribution < 1.29 is 4.74 Å². The SMILES string of the molecule is CCC(C)CNCc1cc(Cl)cc2c1OCC2. The number of fused-ring (bicyclic) bond motifs is 1. The van der Waals surface area contributed by atoms with Crippen LogP contribution in [0.2, 0.25) is 5.02 Å². The van der Waals surface area contributed by atoms with Crippen molar-refractivity contribution >= 4 is 11.6 Å². The molecule has 1 N–H and O–H groups in total. The van der Waals surface area contributed by atoms with Gasteiger partial charge in [0, 0.05) is 23.6 Å². The third-order valence-electron chi connectivity index (χ3n) is 3.33. The van der Waals surface area contributed by atoms with Crippen LogP contribution in [0.4, 0.5) is 0 Å². The molecule has 0 aromatic heterocycles. The number of rotatable bonds is 5. The number of halogens is 1. The van der Waals surface area contributed by atoms with Gasteiger partial charge in [0.2, 0.25) is 0 Å². The van der Waals surface area contributed by atoms with Crippen LogP contribution in [-0.4, -0.2) is 13.2 Å². The highest BCUT2D eigenvalue weighted by molar-refractivity contribution is 6.30. The van der Waals surface area contributed by atoms with Crippen LogP contribution in [0.15, 0.2) is 12.1 Å². The van der Waals surface area contributed by atoms with Gasteiger partial charge in [-0.25, -0.2) is 0 Å². The maximum atomic E-state index is 6.11. The summed E-state index contributed by atoms with van der Waals surface area (Å²) < 4.78 is 5.67. The van der Waals surface area contributed by atoms with Crippen molar-refractivity contribution in [3.8, 4) is 5.75 Å². The van der Waals surface area contributed by atoms with Gasteiger partial charge in [0.05, 0.1) is 6.61 Å². The Bertz CT molecular complexity index is 392. The van der Waals surface area contributed by atoms with Gasteiger partial charge in [-0.2, -0.15) is 0 Å². The zero-order chi connectivity index (χ0) is 12.3. The van der Waals surface area contributed by atoms with Crippen LogP contribution in [0.5, 0.6) is 5.75 Å². The lowest BCUT2D eigenvalue weighted by molar-refractivity contribution is 0.352. The van der Waals surface area contributed by atoms with Gasteiger partial charge in [-0.3, -0.25) is 0 Å². The Balaban J connectivity index is 2.01. The number of hydrogen-bond acceptors (Lipinski definition) is 2. The van der Waals surface area contributed by atoms with E-state index in [1.807, 2.05) is 12.1 Å². The summed E-state index contributed by atoms with van der Waals surface area (Å²) in [5.41, 5.74) is 2.44. The molecule has 0 spiro atoms. The van der Waals surface area contributed by atoms with E-state index in [-0.39, 0.29) is 0 Å². The molecule has 1 aliphatic heterocycles. The predicted octanol–water partition coefficient (Wildman–Crippen LogP) is 3.41. The molecule has 0 saturated heterocycles. The molecule has 1 atom stereocenters. The fourth-order valence-electron chi connectivity index (χ4n) is 2.07. The third kappa shape index (κ3) is 3.14. The highest BCUT2D eigenvalue weighted by Gasteiger charge is 2.17. The summed E-state index contributed by atoms with van der Waals surface area (Å²) in [5, 5.41) is 4.29. The molecule has 0 amide bonds. The Morgan fingerprint density at radius 2 is 2.29 bits per heavy atom. The van der Waals surface area contributed by atoms with Gasteiger partial charge in [0.1, 0.15) is 5.75 Å². The summed E-state index contributed by atoms with van der Waals surface area (Å²) in [6.07, 6.45) is 2.19. The Morgan fingerprint density at radius 1 is 1.47 bits per heavy atom. The van der Waals surface area contributed by atoms with Crippen LogP contribution in [0, 0.1) is 5.92 Å². The molecule has 0 aliphatic carbocycles. The topological polar surface area (TPSA) is 21.3 Å². The molecule has 2 nitrogen and oxygen atoms in total. The van der Waals surface area contributed by atoms with Gasteiger partial charge in [-0.05, 0) is 30.2 Å². The molecule has 94 valence electrons. The molecule has 0 saturated carbocycles. The second kappa shape index (κ2) is 5.74. The predicted molar refractivity (Wildman–Crippen MR) is 71.8 cm³/mol. The molecule has 0 fully saturated rings. The van der Waals surface area contributed by atoms with E-state index in [1.54, 1.807) is 0 Å². The van der Waals surface area contributed by atoms with Gasteiger partial charge in [0.25, 0.3) is 0 Å². The van der Waals surface area contributed by atoms with Crippen LogP contribution in [0.25, 0.3) is 0 Å². The average molecular weight is 254 g/mol. The minimum Gasteiger partial charge on any atom is -0.493 e. The van der Waals surface area contributed by atoms with E-state index in [1.165, 1.54) is 17.5 Å². The van der Waals surface area contributed by atoms with Crippen LogP contribution < -0.4 is 10.1 Å². The summed E-state index contributed by atoms with van der Waals surface area (Å²) in [4.78, 5) is 0. The van der Waals surface area contributed by atoms with Crippen LogP contribution in [-0.2, 0) is 13.0 Å². The first-order chi connectivity index (χ1) is 8.20. The standard InChI is InChI=1S/C14H20ClNO/c1-3-10(2)8-16-9-12-7-13(15)6-11-4-5-17-14(11)12/h6-7,10,16H,3-5,8-9H2,1-2H3. The molecular formula is C14H20ClNO. The first-order valence-electron chi connectivity index (χ1n) is 6.35. The first kappa shape index (κ1) is 12.7. The molecule has 1 unspecified atom stereocenters. The third-order valence-corrected chi connectivity index (χ3v) is 3.55. The number of nitrogens with one attached hydrogen (secondary N) is 1. The maximum absolute atomic E-state index is 6.11. The molecule has 1 aromatic rings. The van der Waals surface area contributed by atoms with Crippen molar-refractivity contribution in [1.82, 2.24) is 5.32 Å². The van der Waals surface area contributed by atoms with E-state index in [4.69, 9.17) is 16.3 Å². The van der Waals surface area contributed by atoms with Gasteiger partial charge >= 0.3 is 0 Å². The minimum atomic E-state index is 0.711. The minimum absolute atomic E-state index is 0.711. The van der Waals surface area contributed by atoms with Crippen molar-refractivity contribution in [2.24, 2.45) is 5.92 Å². The smallest absolute Gasteiger partial charge is 0.127 e. The number of benzene rings is 1. The van der Waals surface area contributed by atoms with E-state index in [0.717, 1.165) is 36.9 Å². The lowest BCUT2D eigenvalue weighted by Gasteiger charge is -2.12. The lowest BCUT2D eigenvalue weighted by atomic mass is 10.1. The van der Waals surface area contributed by atoms with Crippen molar-refractivity contribution in [3.05, 3.63) is 28.3 Å². The average Bonchev–Trinajstić information content (AvgIpc) is 2.76. The summed E-state index contributed by atoms with van der Waals surface area (Å²) >= 11 is 6.11. The largest absolute Gasteiger partial charge is 0.493 e. The molecule has 3 heteroatoms. The van der Waals surface area contributed by atoms with Crippen molar-refractivity contribution in [2.45, 2.75) is 33.2 Å². The second-order valence-corrected chi connectivity index (χ2v) is 5.23. The van der Waals surface area contributed by atoms with E-state index < -0.39 is 0 Å². The van der Waals surface area contributed by atoms with E-state index in [0.29, 0.717) is 5.92 Å². The maximum Gasteiger partial charge on any atom is 0.127 e. The zero-order valence-electron chi connectivity index (χ0n) is 10.6. The Hall–Kier alpha value is -0.730. The van der Waals surface area contributed by atoms with Gasteiger partial charge in [-0.15, -0.1) is 0 Å². The van der Waals surface area contributed by atoms with E-state index in [2.05, 4.69) is 19.2 Å². The Kier molecular flexibility index (Phi) is 4.30. The molecular weight excluding hydrogens is 234 g/mol. The summed E-state index contributed by atoms with van der Waals surface area (Å²) in [6, 6.07) is 4.03. The highest BCUT2D eigenvalue weighted by Crippen LogP contribution is 2.32. The summed E-state index contributed by atoms with van der Waals surface area (Å²) in [6.45, 7) is 7.14. The van der Waals surface area contributed by atoms with Gasteiger partial charge < -0.3 is 10.1 Å². The van der Waals surface area contributed by atoms with E-state index >= 15 is 0 Å². The molecule has 0 radical (unpaired) electrons. The number of ether oxygens (including phenoxy) is 1. The molecule has 1 heterocycles. The normalized spacial score (nSPS) is 15.5. The van der Waals surface area contributed by atoms with Gasteiger partial charge in [0.15, 0.2) is 0 Å². The first-order valence-corrected chi connectivity index (χ1v) is 6.73. The molecule has 0 bridgehead atoms. The monoisotopic (exact) mass is 253 g/mol. The lowest BCUT2D eigenvalue weighted by Crippen LogP contribution is -2.20. The molecule has 1 aliphatic rings. The second-order valence-electron chi connectivity index (χ2n) is 4.80. The Morgan fingerprint density at radius 3 is 3.06 bits per heavy atom. The quantitative estimate of drug-likeness (QED) is 0.868. The van der Waals surface area contributed by atoms with Crippen molar-refractivity contribution in [3.63, 3.8) is 0 Å². The summed E-state index contributed by atoms with van der Waals surface area (Å²) in [5.74, 6) is 1.76. The molecule has 2 rings (SSSR count). The fourth-order valence-corrected chi connectivity index (χ4v) is 2.34. The van der Waals surface area contributed by atoms with Crippen LogP contribution in [0.1, 0.15) is 31.4 Å². The molecule has 17 heavy (non-hydrogen) atoms. The van der Waals surface area contributed by atoms with E-state index in [9.17, 15) is 0 Å². The van der Waals surface area contributed by atoms with Crippen LogP contribution >= 0.6 is 11.6 Å². The fraction of sp³-hybridized carbons (Fsp3) is 0.571. The van der Waals surface area contributed by atoms with Crippen molar-refractivity contribution in [2.75, 3.05) is 13.2 Å². The Labute approximate surface area is 108 Å². The number of hydrogen-bond donors (Lipinski definition) is 1. The highest BCUT2D eigenvalue weighted by atomic mass is 35.5. The molecule has 1 aromatic carbocycles.